The van der Waals surface area contributed by atoms with Gasteiger partial charge in [-0.15, -0.1) is 0 Å². The molecule has 0 spiro atoms. The van der Waals surface area contributed by atoms with Gasteiger partial charge in [0.05, 0.1) is 18.0 Å². The lowest BCUT2D eigenvalue weighted by atomic mass is 10.00. The fraction of sp³-hybridized carbons (Fsp3) is 0.643. The molecule has 0 aliphatic carbocycles. The second kappa shape index (κ2) is 5.05. The number of hydrogen-bond acceptors (Lipinski definition) is 3. The molecule has 1 saturated heterocycles. The van der Waals surface area contributed by atoms with Gasteiger partial charge in [0, 0.05) is 18.3 Å². The van der Waals surface area contributed by atoms with E-state index in [9.17, 15) is 5.11 Å². The number of pyridine rings is 1. The van der Waals surface area contributed by atoms with Gasteiger partial charge in [0.25, 0.3) is 0 Å². The first-order valence-corrected chi connectivity index (χ1v) is 6.48. The van der Waals surface area contributed by atoms with Crippen LogP contribution in [0.1, 0.15) is 45.2 Å². The summed E-state index contributed by atoms with van der Waals surface area (Å²) in [5, 5.41) is 9.62. The van der Waals surface area contributed by atoms with Crippen LogP contribution in [0.5, 0.6) is 0 Å². The lowest BCUT2D eigenvalue weighted by molar-refractivity contribution is 0.131. The Balaban J connectivity index is 2.11. The summed E-state index contributed by atoms with van der Waals surface area (Å²) in [4.78, 5) is 6.84. The maximum atomic E-state index is 9.62. The Morgan fingerprint density at radius 3 is 2.71 bits per heavy atom. The van der Waals surface area contributed by atoms with E-state index in [4.69, 9.17) is 0 Å². The summed E-state index contributed by atoms with van der Waals surface area (Å²) in [6.45, 7) is 7.40. The van der Waals surface area contributed by atoms with E-state index in [1.165, 1.54) is 5.69 Å². The molecule has 0 amide bonds. The Kier molecular flexibility index (Phi) is 3.67. The first-order chi connectivity index (χ1) is 8.08. The highest BCUT2D eigenvalue weighted by molar-refractivity contribution is 5.46. The van der Waals surface area contributed by atoms with Crippen LogP contribution in [-0.2, 0) is 0 Å². The molecule has 3 nitrogen and oxygen atoms in total. The van der Waals surface area contributed by atoms with Gasteiger partial charge in [-0.05, 0) is 37.8 Å². The predicted molar refractivity (Wildman–Crippen MR) is 70.4 cm³/mol. The largest absolute Gasteiger partial charge is 0.393 e. The first-order valence-electron chi connectivity index (χ1n) is 6.48. The molecule has 0 bridgehead atoms. The highest BCUT2D eigenvalue weighted by Gasteiger charge is 2.24. The molecule has 1 fully saturated rings. The molecule has 1 aromatic rings. The van der Waals surface area contributed by atoms with Crippen LogP contribution in [0.3, 0.4) is 0 Å². The van der Waals surface area contributed by atoms with Gasteiger partial charge in [0.1, 0.15) is 0 Å². The second-order valence-electron chi connectivity index (χ2n) is 5.32. The van der Waals surface area contributed by atoms with Gasteiger partial charge in [-0.1, -0.05) is 13.8 Å². The number of aliphatic hydroxyl groups is 1. The standard InChI is InChI=1S/C14H22N2O/c1-10(2)14-5-4-12(9-15-14)16-7-6-13(17)8-11(16)3/h4-5,9-11,13,17H,6-8H2,1-3H3/t11-,13?/m0/s1. The fourth-order valence-electron chi connectivity index (χ4n) is 2.44. The van der Waals surface area contributed by atoms with Gasteiger partial charge in [-0.2, -0.15) is 0 Å². The Morgan fingerprint density at radius 1 is 1.41 bits per heavy atom. The maximum Gasteiger partial charge on any atom is 0.0576 e. The Labute approximate surface area is 103 Å². The molecule has 17 heavy (non-hydrogen) atoms. The van der Waals surface area contributed by atoms with Crippen molar-refractivity contribution in [3.63, 3.8) is 0 Å². The highest BCUT2D eigenvalue weighted by atomic mass is 16.3. The number of hydrogen-bond donors (Lipinski definition) is 1. The van der Waals surface area contributed by atoms with Crippen molar-refractivity contribution >= 4 is 5.69 Å². The molecular weight excluding hydrogens is 212 g/mol. The van der Waals surface area contributed by atoms with Crippen LogP contribution in [0, 0.1) is 0 Å². The molecule has 1 aliphatic rings. The summed E-state index contributed by atoms with van der Waals surface area (Å²) in [5.41, 5.74) is 2.31. The third-order valence-corrected chi connectivity index (χ3v) is 3.54. The molecule has 0 saturated carbocycles. The molecule has 1 unspecified atom stereocenters. The van der Waals surface area contributed by atoms with E-state index in [1.807, 2.05) is 6.20 Å². The van der Waals surface area contributed by atoms with E-state index in [-0.39, 0.29) is 6.10 Å². The third kappa shape index (κ3) is 2.78. The molecule has 2 heterocycles. The zero-order chi connectivity index (χ0) is 12.4. The summed E-state index contributed by atoms with van der Waals surface area (Å²) in [6.07, 6.45) is 3.54. The monoisotopic (exact) mass is 234 g/mol. The zero-order valence-corrected chi connectivity index (χ0v) is 10.9. The van der Waals surface area contributed by atoms with Crippen LogP contribution in [-0.4, -0.2) is 28.8 Å². The third-order valence-electron chi connectivity index (χ3n) is 3.54. The van der Waals surface area contributed by atoms with Crippen LogP contribution in [0.2, 0.25) is 0 Å². The minimum absolute atomic E-state index is 0.135. The van der Waals surface area contributed by atoms with Crippen LogP contribution >= 0.6 is 0 Å². The van der Waals surface area contributed by atoms with Crippen molar-refractivity contribution in [1.82, 2.24) is 4.98 Å². The smallest absolute Gasteiger partial charge is 0.0576 e. The normalized spacial score (nSPS) is 25.4. The van der Waals surface area contributed by atoms with E-state index in [1.54, 1.807) is 0 Å². The van der Waals surface area contributed by atoms with E-state index in [0.717, 1.165) is 25.1 Å². The summed E-state index contributed by atoms with van der Waals surface area (Å²) < 4.78 is 0. The lowest BCUT2D eigenvalue weighted by Crippen LogP contribution is -2.42. The van der Waals surface area contributed by atoms with Gasteiger partial charge < -0.3 is 10.0 Å². The molecule has 2 rings (SSSR count). The minimum Gasteiger partial charge on any atom is -0.393 e. The average molecular weight is 234 g/mol. The maximum absolute atomic E-state index is 9.62. The van der Waals surface area contributed by atoms with Crippen molar-refractivity contribution in [2.24, 2.45) is 0 Å². The zero-order valence-electron chi connectivity index (χ0n) is 10.9. The molecule has 0 aromatic carbocycles. The highest BCUT2D eigenvalue weighted by Crippen LogP contribution is 2.25. The predicted octanol–water partition coefficient (Wildman–Crippen LogP) is 2.55. The second-order valence-corrected chi connectivity index (χ2v) is 5.32. The summed E-state index contributed by atoms with van der Waals surface area (Å²) >= 11 is 0. The van der Waals surface area contributed by atoms with Crippen molar-refractivity contribution in [3.8, 4) is 0 Å². The number of aliphatic hydroxyl groups excluding tert-OH is 1. The molecule has 94 valence electrons. The Morgan fingerprint density at radius 2 is 2.18 bits per heavy atom. The van der Waals surface area contributed by atoms with E-state index in [2.05, 4.69) is 42.8 Å². The van der Waals surface area contributed by atoms with Crippen LogP contribution < -0.4 is 4.90 Å². The summed E-state index contributed by atoms with van der Waals surface area (Å²) in [6, 6.07) is 4.65. The lowest BCUT2D eigenvalue weighted by Gasteiger charge is -2.37. The van der Waals surface area contributed by atoms with Crippen molar-refractivity contribution in [3.05, 3.63) is 24.0 Å². The van der Waals surface area contributed by atoms with Gasteiger partial charge >= 0.3 is 0 Å². The SMILES string of the molecule is CC(C)c1ccc(N2CCC(O)C[C@@H]2C)cn1. The molecule has 0 radical (unpaired) electrons. The number of aromatic nitrogens is 1. The fourth-order valence-corrected chi connectivity index (χ4v) is 2.44. The summed E-state index contributed by atoms with van der Waals surface area (Å²) in [7, 11) is 0. The van der Waals surface area contributed by atoms with Crippen molar-refractivity contribution < 1.29 is 5.11 Å². The number of nitrogens with zero attached hydrogens (tertiary/aromatic N) is 2. The molecule has 2 atom stereocenters. The van der Waals surface area contributed by atoms with Gasteiger partial charge in [-0.3, -0.25) is 4.98 Å². The summed E-state index contributed by atoms with van der Waals surface area (Å²) in [5.74, 6) is 0.477. The number of rotatable bonds is 2. The molecule has 1 aliphatic heterocycles. The van der Waals surface area contributed by atoms with E-state index >= 15 is 0 Å². The minimum atomic E-state index is -0.135. The first kappa shape index (κ1) is 12.4. The molecule has 1 aromatic heterocycles. The van der Waals surface area contributed by atoms with Gasteiger partial charge in [0.2, 0.25) is 0 Å². The molecule has 3 heteroatoms. The van der Waals surface area contributed by atoms with Crippen LogP contribution in [0.15, 0.2) is 18.3 Å². The van der Waals surface area contributed by atoms with E-state index in [0.29, 0.717) is 12.0 Å². The van der Waals surface area contributed by atoms with Crippen molar-refractivity contribution in [2.75, 3.05) is 11.4 Å². The average Bonchev–Trinajstić information content (AvgIpc) is 2.29. The van der Waals surface area contributed by atoms with Crippen molar-refractivity contribution in [1.29, 1.82) is 0 Å². The van der Waals surface area contributed by atoms with Crippen LogP contribution in [0.4, 0.5) is 5.69 Å². The van der Waals surface area contributed by atoms with E-state index < -0.39 is 0 Å². The topological polar surface area (TPSA) is 36.4 Å². The number of piperidine rings is 1. The van der Waals surface area contributed by atoms with Crippen LogP contribution in [0.25, 0.3) is 0 Å². The Bertz CT molecular complexity index is 361. The van der Waals surface area contributed by atoms with Crippen molar-refractivity contribution in [2.45, 2.75) is 51.7 Å². The quantitative estimate of drug-likeness (QED) is 0.854. The Hall–Kier alpha value is -1.09. The number of anilines is 1. The van der Waals surface area contributed by atoms with Gasteiger partial charge in [-0.25, -0.2) is 0 Å². The van der Waals surface area contributed by atoms with Gasteiger partial charge in [0.15, 0.2) is 0 Å². The molecular formula is C14H22N2O. The molecule has 1 N–H and O–H groups in total.